The first-order valence-electron chi connectivity index (χ1n) is 10.2. The summed E-state index contributed by atoms with van der Waals surface area (Å²) in [6.45, 7) is 2.17. The highest BCUT2D eigenvalue weighted by Gasteiger charge is 2.53. The van der Waals surface area contributed by atoms with Crippen molar-refractivity contribution in [1.82, 2.24) is 9.97 Å². The molecule has 0 amide bonds. The topological polar surface area (TPSA) is 106 Å². The maximum atomic E-state index is 11.7. The molecule has 4 N–H and O–H groups in total. The van der Waals surface area contributed by atoms with E-state index in [1.165, 1.54) is 14.2 Å². The fourth-order valence-electron chi connectivity index (χ4n) is 4.29. The summed E-state index contributed by atoms with van der Waals surface area (Å²) in [6.07, 6.45) is 1.59. The number of ether oxygens (including phenoxy) is 3. The second-order valence-corrected chi connectivity index (χ2v) is 8.35. The van der Waals surface area contributed by atoms with Crippen LogP contribution in [0.1, 0.15) is 24.4 Å². The Labute approximate surface area is 191 Å². The fourth-order valence-corrected chi connectivity index (χ4v) is 4.42. The Morgan fingerprint density at radius 2 is 1.97 bits per heavy atom. The molecule has 3 atom stereocenters. The predicted molar refractivity (Wildman–Crippen MR) is 123 cm³/mol. The van der Waals surface area contributed by atoms with Gasteiger partial charge in [-0.05, 0) is 49.4 Å². The number of rotatable bonds is 7. The molecule has 32 heavy (non-hydrogen) atoms. The lowest BCUT2D eigenvalue weighted by Gasteiger charge is -2.50. The standard InChI is InChI=1S/C23H27ClN4O4/c1-23(22(30-2)31-3)21(29)20(17-12-15(25)6-9-18(17)32-23)28(13-19-26-10-11-27-19)16-7-4-14(24)5-8-16/h4-12,20-22,29H,13,25H2,1-3H3,(H,26,27)/t20-,21+,23?/m0/s1. The van der Waals surface area contributed by atoms with Crippen LogP contribution in [0.5, 0.6) is 5.75 Å². The highest BCUT2D eigenvalue weighted by Crippen LogP contribution is 2.47. The van der Waals surface area contributed by atoms with Gasteiger partial charge < -0.3 is 34.9 Å². The van der Waals surface area contributed by atoms with Crippen LogP contribution in [0.4, 0.5) is 11.4 Å². The Morgan fingerprint density at radius 3 is 2.59 bits per heavy atom. The van der Waals surface area contributed by atoms with Crippen LogP contribution in [0.2, 0.25) is 5.02 Å². The van der Waals surface area contributed by atoms with Crippen LogP contribution in [0.3, 0.4) is 0 Å². The minimum absolute atomic E-state index is 0.394. The number of H-pyrrole nitrogens is 1. The number of fused-ring (bicyclic) bond motifs is 1. The molecule has 0 bridgehead atoms. The van der Waals surface area contributed by atoms with Gasteiger partial charge in [0.15, 0.2) is 11.9 Å². The number of nitrogen functional groups attached to an aromatic ring is 1. The largest absolute Gasteiger partial charge is 0.479 e. The number of nitrogens with zero attached hydrogens (tertiary/aromatic N) is 2. The Bertz CT molecular complexity index is 1040. The van der Waals surface area contributed by atoms with Crippen molar-refractivity contribution < 1.29 is 19.3 Å². The minimum Gasteiger partial charge on any atom is -0.479 e. The lowest BCUT2D eigenvalue weighted by atomic mass is 9.83. The van der Waals surface area contributed by atoms with Gasteiger partial charge >= 0.3 is 0 Å². The zero-order valence-electron chi connectivity index (χ0n) is 18.2. The fraction of sp³-hybridized carbons (Fsp3) is 0.348. The van der Waals surface area contributed by atoms with Crippen LogP contribution in [-0.2, 0) is 16.0 Å². The van der Waals surface area contributed by atoms with Gasteiger partial charge in [-0.15, -0.1) is 0 Å². The van der Waals surface area contributed by atoms with Crippen molar-refractivity contribution >= 4 is 23.0 Å². The van der Waals surface area contributed by atoms with E-state index in [9.17, 15) is 5.11 Å². The van der Waals surface area contributed by atoms with E-state index in [-0.39, 0.29) is 0 Å². The number of nitrogens with one attached hydrogen (secondary N) is 1. The number of methoxy groups -OCH3 is 2. The van der Waals surface area contributed by atoms with Crippen LogP contribution in [0.25, 0.3) is 0 Å². The molecule has 0 fully saturated rings. The monoisotopic (exact) mass is 458 g/mol. The van der Waals surface area contributed by atoms with E-state index in [0.29, 0.717) is 23.0 Å². The second kappa shape index (κ2) is 8.99. The van der Waals surface area contributed by atoms with Gasteiger partial charge in [0.25, 0.3) is 0 Å². The summed E-state index contributed by atoms with van der Waals surface area (Å²) < 4.78 is 17.3. The number of aliphatic hydroxyl groups is 1. The summed E-state index contributed by atoms with van der Waals surface area (Å²) in [5.41, 5.74) is 7.09. The summed E-state index contributed by atoms with van der Waals surface area (Å²) in [5.74, 6) is 1.33. The molecule has 4 rings (SSSR count). The Kier molecular flexibility index (Phi) is 6.30. The molecule has 170 valence electrons. The van der Waals surface area contributed by atoms with Crippen molar-refractivity contribution in [1.29, 1.82) is 0 Å². The number of benzene rings is 2. The Morgan fingerprint density at radius 1 is 1.25 bits per heavy atom. The number of hydrogen-bond acceptors (Lipinski definition) is 7. The molecule has 0 saturated heterocycles. The van der Waals surface area contributed by atoms with Crippen molar-refractivity contribution in [2.24, 2.45) is 0 Å². The molecule has 0 radical (unpaired) electrons. The Hall–Kier alpha value is -2.78. The van der Waals surface area contributed by atoms with E-state index in [1.54, 1.807) is 31.5 Å². The molecule has 8 nitrogen and oxygen atoms in total. The van der Waals surface area contributed by atoms with Crippen LogP contribution < -0.4 is 15.4 Å². The van der Waals surface area contributed by atoms with Crippen molar-refractivity contribution in [2.75, 3.05) is 24.9 Å². The molecule has 0 spiro atoms. The smallest absolute Gasteiger partial charge is 0.199 e. The predicted octanol–water partition coefficient (Wildman–Crippen LogP) is 3.52. The van der Waals surface area contributed by atoms with Crippen LogP contribution >= 0.6 is 11.6 Å². The average Bonchev–Trinajstić information content (AvgIpc) is 3.29. The zero-order valence-corrected chi connectivity index (χ0v) is 18.9. The number of imidazole rings is 1. The third kappa shape index (κ3) is 4.02. The van der Waals surface area contributed by atoms with Crippen molar-refractivity contribution in [3.63, 3.8) is 0 Å². The van der Waals surface area contributed by atoms with E-state index in [0.717, 1.165) is 17.1 Å². The van der Waals surface area contributed by atoms with E-state index >= 15 is 0 Å². The van der Waals surface area contributed by atoms with Crippen LogP contribution in [0, 0.1) is 0 Å². The number of anilines is 2. The number of nitrogens with two attached hydrogens (primary N) is 1. The van der Waals surface area contributed by atoms with Gasteiger partial charge in [0.2, 0.25) is 0 Å². The van der Waals surface area contributed by atoms with E-state index in [1.807, 2.05) is 35.2 Å². The average molecular weight is 459 g/mol. The molecule has 0 aliphatic carbocycles. The number of aromatic nitrogens is 2. The highest BCUT2D eigenvalue weighted by atomic mass is 35.5. The summed E-state index contributed by atoms with van der Waals surface area (Å²) in [5, 5.41) is 12.4. The SMILES string of the molecule is COC(OC)C1(C)Oc2ccc(N)cc2[C@H](N(Cc2ncc[nH]2)c2ccc(Cl)cc2)[C@H]1O. The first-order valence-corrected chi connectivity index (χ1v) is 10.6. The van der Waals surface area contributed by atoms with Gasteiger partial charge in [-0.2, -0.15) is 0 Å². The van der Waals surface area contributed by atoms with Gasteiger partial charge in [0.1, 0.15) is 17.7 Å². The molecule has 1 aliphatic rings. The molecule has 9 heteroatoms. The third-order valence-corrected chi connectivity index (χ3v) is 6.09. The third-order valence-electron chi connectivity index (χ3n) is 5.83. The van der Waals surface area contributed by atoms with Gasteiger partial charge in [-0.3, -0.25) is 0 Å². The maximum absolute atomic E-state index is 11.7. The first kappa shape index (κ1) is 22.4. The van der Waals surface area contributed by atoms with E-state index in [2.05, 4.69) is 9.97 Å². The number of hydrogen-bond donors (Lipinski definition) is 3. The Balaban J connectivity index is 1.88. The number of aliphatic hydroxyl groups excluding tert-OH is 1. The lowest BCUT2D eigenvalue weighted by molar-refractivity contribution is -0.237. The molecule has 2 aromatic carbocycles. The number of aromatic amines is 1. The van der Waals surface area contributed by atoms with Crippen molar-refractivity contribution in [2.45, 2.75) is 37.5 Å². The summed E-state index contributed by atoms with van der Waals surface area (Å²) >= 11 is 6.14. The van der Waals surface area contributed by atoms with Crippen molar-refractivity contribution in [3.05, 3.63) is 71.3 Å². The molecule has 2 heterocycles. The number of halogens is 1. The molecule has 1 aliphatic heterocycles. The molecule has 3 aromatic rings. The normalized spacial score (nSPS) is 22.4. The summed E-state index contributed by atoms with van der Waals surface area (Å²) in [4.78, 5) is 9.57. The summed E-state index contributed by atoms with van der Waals surface area (Å²) in [7, 11) is 3.03. The first-order chi connectivity index (χ1) is 15.4. The molecule has 0 saturated carbocycles. The lowest BCUT2D eigenvalue weighted by Crippen LogP contribution is -2.62. The second-order valence-electron chi connectivity index (χ2n) is 7.92. The highest BCUT2D eigenvalue weighted by molar-refractivity contribution is 6.30. The van der Waals surface area contributed by atoms with Gasteiger partial charge in [-0.1, -0.05) is 11.6 Å². The minimum atomic E-state index is -1.20. The molecular formula is C23H27ClN4O4. The quantitative estimate of drug-likeness (QED) is 0.367. The van der Waals surface area contributed by atoms with Gasteiger partial charge in [0, 0.05) is 48.6 Å². The van der Waals surface area contributed by atoms with Crippen LogP contribution in [-0.4, -0.2) is 47.3 Å². The zero-order chi connectivity index (χ0) is 22.9. The van der Waals surface area contributed by atoms with Crippen molar-refractivity contribution in [3.8, 4) is 5.75 Å². The molecular weight excluding hydrogens is 432 g/mol. The summed E-state index contributed by atoms with van der Waals surface area (Å²) in [6, 6.07) is 12.3. The van der Waals surface area contributed by atoms with Gasteiger partial charge in [0.05, 0.1) is 12.6 Å². The van der Waals surface area contributed by atoms with E-state index < -0.39 is 24.0 Å². The van der Waals surface area contributed by atoms with Crippen LogP contribution in [0.15, 0.2) is 54.9 Å². The maximum Gasteiger partial charge on any atom is 0.199 e. The molecule has 1 unspecified atom stereocenters. The van der Waals surface area contributed by atoms with Gasteiger partial charge in [-0.25, -0.2) is 4.98 Å². The van der Waals surface area contributed by atoms with E-state index in [4.69, 9.17) is 31.5 Å². The molecule has 1 aromatic heterocycles.